The van der Waals surface area contributed by atoms with Crippen LogP contribution in [0.4, 0.5) is 5.69 Å². The number of benzene rings is 1. The summed E-state index contributed by atoms with van der Waals surface area (Å²) >= 11 is 0. The molecule has 0 aliphatic heterocycles. The van der Waals surface area contributed by atoms with Crippen molar-refractivity contribution in [2.45, 2.75) is 6.92 Å². The third-order valence-electron chi connectivity index (χ3n) is 3.49. The molecule has 0 spiro atoms. The van der Waals surface area contributed by atoms with Gasteiger partial charge in [-0.15, -0.1) is 0 Å². The van der Waals surface area contributed by atoms with Crippen LogP contribution in [-0.4, -0.2) is 28.6 Å². The van der Waals surface area contributed by atoms with Gasteiger partial charge in [-0.3, -0.25) is 14.3 Å². The topological polar surface area (TPSA) is 97.0 Å². The number of carbonyl (C=O) groups is 2. The van der Waals surface area contributed by atoms with Crippen molar-refractivity contribution in [2.75, 3.05) is 12.4 Å². The minimum absolute atomic E-state index is 0.264. The second-order valence-corrected chi connectivity index (χ2v) is 4.91. The first-order valence-corrected chi connectivity index (χ1v) is 6.85. The van der Waals surface area contributed by atoms with Crippen LogP contribution in [0.25, 0.3) is 0 Å². The lowest BCUT2D eigenvalue weighted by Gasteiger charge is -2.10. The van der Waals surface area contributed by atoms with E-state index in [9.17, 15) is 14.9 Å². The van der Waals surface area contributed by atoms with Crippen LogP contribution in [-0.2, 0) is 11.8 Å². The average molecular weight is 312 g/mol. The minimum Gasteiger partial charge on any atom is -0.497 e. The van der Waals surface area contributed by atoms with E-state index in [2.05, 4.69) is 10.4 Å². The molecule has 0 fully saturated rings. The standard InChI is InChI=1S/C16H16N4O3/c1-10-14(9-18-20(10)2)15(21)13(8-17)16(22)19-11-5-4-6-12(7-11)23-3/h4-7,9,13H,1-3H3,(H,19,22). The molecular weight excluding hydrogens is 296 g/mol. The van der Waals surface area contributed by atoms with Gasteiger partial charge < -0.3 is 10.1 Å². The summed E-state index contributed by atoms with van der Waals surface area (Å²) in [6.07, 6.45) is 1.36. The van der Waals surface area contributed by atoms with Crippen molar-refractivity contribution in [2.24, 2.45) is 13.0 Å². The Kier molecular flexibility index (Phi) is 4.76. The Labute approximate surface area is 133 Å². The summed E-state index contributed by atoms with van der Waals surface area (Å²) in [6.45, 7) is 1.70. The Hall–Kier alpha value is -3.14. The fourth-order valence-electron chi connectivity index (χ4n) is 2.05. The lowest BCUT2D eigenvalue weighted by atomic mass is 9.98. The summed E-state index contributed by atoms with van der Waals surface area (Å²) < 4.78 is 6.58. The molecule has 0 saturated heterocycles. The molecule has 118 valence electrons. The number of aromatic nitrogens is 2. The van der Waals surface area contributed by atoms with Crippen LogP contribution in [0.2, 0.25) is 0 Å². The van der Waals surface area contributed by atoms with Gasteiger partial charge in [0.15, 0.2) is 11.7 Å². The van der Waals surface area contributed by atoms with E-state index < -0.39 is 17.6 Å². The van der Waals surface area contributed by atoms with Crippen molar-refractivity contribution < 1.29 is 14.3 Å². The quantitative estimate of drug-likeness (QED) is 0.669. The number of Topliss-reactive ketones (excluding diaryl/α,β-unsaturated/α-hetero) is 1. The number of hydrogen-bond donors (Lipinski definition) is 1. The molecule has 2 rings (SSSR count). The predicted octanol–water partition coefficient (Wildman–Crippen LogP) is 1.70. The van der Waals surface area contributed by atoms with Crippen molar-refractivity contribution in [3.63, 3.8) is 0 Å². The fourth-order valence-corrected chi connectivity index (χ4v) is 2.05. The molecule has 0 saturated carbocycles. The van der Waals surface area contributed by atoms with Gasteiger partial charge in [0.2, 0.25) is 5.91 Å². The van der Waals surface area contributed by atoms with E-state index in [1.165, 1.54) is 18.0 Å². The maximum absolute atomic E-state index is 12.4. The summed E-state index contributed by atoms with van der Waals surface area (Å²) in [5.41, 5.74) is 1.31. The molecule has 1 aromatic heterocycles. The number of amides is 1. The summed E-state index contributed by atoms with van der Waals surface area (Å²) in [4.78, 5) is 24.7. The number of nitrogens with zero attached hydrogens (tertiary/aromatic N) is 3. The SMILES string of the molecule is COc1cccc(NC(=O)C(C#N)C(=O)c2cnn(C)c2C)c1. The summed E-state index contributed by atoms with van der Waals surface area (Å²) in [5.74, 6) is -2.14. The monoisotopic (exact) mass is 312 g/mol. The van der Waals surface area contributed by atoms with Crippen LogP contribution in [0.3, 0.4) is 0 Å². The molecular formula is C16H16N4O3. The fraction of sp³-hybridized carbons (Fsp3) is 0.250. The van der Waals surface area contributed by atoms with E-state index in [-0.39, 0.29) is 5.56 Å². The number of nitriles is 1. The van der Waals surface area contributed by atoms with Crippen LogP contribution in [0.1, 0.15) is 16.1 Å². The second-order valence-electron chi connectivity index (χ2n) is 4.91. The number of rotatable bonds is 5. The average Bonchev–Trinajstić information content (AvgIpc) is 2.87. The van der Waals surface area contributed by atoms with Crippen LogP contribution in [0.15, 0.2) is 30.5 Å². The lowest BCUT2D eigenvalue weighted by molar-refractivity contribution is -0.117. The Morgan fingerprint density at radius 2 is 2.17 bits per heavy atom. The second kappa shape index (κ2) is 6.75. The van der Waals surface area contributed by atoms with Crippen molar-refractivity contribution in [1.29, 1.82) is 5.26 Å². The van der Waals surface area contributed by atoms with E-state index in [0.29, 0.717) is 17.1 Å². The number of nitrogens with one attached hydrogen (secondary N) is 1. The highest BCUT2D eigenvalue weighted by Crippen LogP contribution is 2.19. The van der Waals surface area contributed by atoms with Crippen molar-refractivity contribution in [1.82, 2.24) is 9.78 Å². The van der Waals surface area contributed by atoms with Crippen LogP contribution in [0, 0.1) is 24.2 Å². The molecule has 0 aliphatic rings. The molecule has 7 heteroatoms. The molecule has 0 bridgehead atoms. The van der Waals surface area contributed by atoms with Crippen molar-refractivity contribution in [3.05, 3.63) is 41.7 Å². The van der Waals surface area contributed by atoms with Gasteiger partial charge in [-0.25, -0.2) is 0 Å². The molecule has 1 N–H and O–H groups in total. The molecule has 1 unspecified atom stereocenters. The third kappa shape index (κ3) is 3.37. The molecule has 1 atom stereocenters. The Balaban J connectivity index is 2.20. The van der Waals surface area contributed by atoms with Gasteiger partial charge in [-0.1, -0.05) is 6.07 Å². The Morgan fingerprint density at radius 3 is 2.74 bits per heavy atom. The molecule has 2 aromatic rings. The highest BCUT2D eigenvalue weighted by molar-refractivity contribution is 6.15. The van der Waals surface area contributed by atoms with E-state index in [4.69, 9.17) is 4.74 Å². The molecule has 0 radical (unpaired) electrons. The molecule has 1 heterocycles. The summed E-state index contributed by atoms with van der Waals surface area (Å²) in [6, 6.07) is 8.43. The van der Waals surface area contributed by atoms with Crippen molar-refractivity contribution >= 4 is 17.4 Å². The van der Waals surface area contributed by atoms with E-state index >= 15 is 0 Å². The van der Waals surface area contributed by atoms with Gasteiger partial charge in [0.1, 0.15) is 5.75 Å². The zero-order valence-corrected chi connectivity index (χ0v) is 13.0. The lowest BCUT2D eigenvalue weighted by Crippen LogP contribution is -2.29. The van der Waals surface area contributed by atoms with Gasteiger partial charge in [0, 0.05) is 24.5 Å². The van der Waals surface area contributed by atoms with Gasteiger partial charge in [-0.05, 0) is 19.1 Å². The summed E-state index contributed by atoms with van der Waals surface area (Å²) in [5, 5.41) is 15.7. The highest BCUT2D eigenvalue weighted by Gasteiger charge is 2.30. The molecule has 1 amide bonds. The number of aryl methyl sites for hydroxylation is 1. The number of hydrogen-bond acceptors (Lipinski definition) is 5. The number of ketones is 1. The van der Waals surface area contributed by atoms with Gasteiger partial charge >= 0.3 is 0 Å². The van der Waals surface area contributed by atoms with E-state index in [1.54, 1.807) is 44.3 Å². The zero-order valence-electron chi connectivity index (χ0n) is 13.0. The molecule has 0 aliphatic carbocycles. The van der Waals surface area contributed by atoms with Crippen LogP contribution < -0.4 is 10.1 Å². The smallest absolute Gasteiger partial charge is 0.249 e. The van der Waals surface area contributed by atoms with Gasteiger partial charge in [-0.2, -0.15) is 10.4 Å². The number of anilines is 1. The first kappa shape index (κ1) is 16.2. The van der Waals surface area contributed by atoms with Gasteiger partial charge in [0.25, 0.3) is 0 Å². The van der Waals surface area contributed by atoms with Crippen LogP contribution in [0.5, 0.6) is 5.75 Å². The first-order valence-electron chi connectivity index (χ1n) is 6.85. The highest BCUT2D eigenvalue weighted by atomic mass is 16.5. The molecule has 7 nitrogen and oxygen atoms in total. The van der Waals surface area contributed by atoms with E-state index in [0.717, 1.165) is 0 Å². The summed E-state index contributed by atoms with van der Waals surface area (Å²) in [7, 11) is 3.19. The predicted molar refractivity (Wildman–Crippen MR) is 83.0 cm³/mol. The maximum atomic E-state index is 12.4. The largest absolute Gasteiger partial charge is 0.497 e. The molecule has 1 aromatic carbocycles. The third-order valence-corrected chi connectivity index (χ3v) is 3.49. The number of ether oxygens (including phenoxy) is 1. The Bertz CT molecular complexity index is 789. The van der Waals surface area contributed by atoms with Crippen LogP contribution >= 0.6 is 0 Å². The number of carbonyl (C=O) groups excluding carboxylic acids is 2. The Morgan fingerprint density at radius 1 is 1.43 bits per heavy atom. The minimum atomic E-state index is -1.44. The zero-order chi connectivity index (χ0) is 17.0. The normalized spacial score (nSPS) is 11.4. The first-order chi connectivity index (χ1) is 11.0. The van der Waals surface area contributed by atoms with Gasteiger partial charge in [0.05, 0.1) is 24.9 Å². The molecule has 23 heavy (non-hydrogen) atoms. The maximum Gasteiger partial charge on any atom is 0.249 e. The number of methoxy groups -OCH3 is 1. The van der Waals surface area contributed by atoms with E-state index in [1.807, 2.05) is 0 Å². The van der Waals surface area contributed by atoms with Crippen molar-refractivity contribution in [3.8, 4) is 11.8 Å².